The molecular weight excluding hydrogens is 296 g/mol. The highest BCUT2D eigenvalue weighted by atomic mass is 32.1. The van der Waals surface area contributed by atoms with E-state index in [9.17, 15) is 9.59 Å². The smallest absolute Gasteiger partial charge is 0.251 e. The van der Waals surface area contributed by atoms with E-state index in [4.69, 9.17) is 0 Å². The maximum atomic E-state index is 12.4. The van der Waals surface area contributed by atoms with Crippen molar-refractivity contribution >= 4 is 28.8 Å². The molecule has 0 aliphatic carbocycles. The topological polar surface area (TPSA) is 49.4 Å². The van der Waals surface area contributed by atoms with E-state index >= 15 is 0 Å². The van der Waals surface area contributed by atoms with Crippen LogP contribution in [0.4, 0.5) is 5.69 Å². The number of para-hydroxylation sites is 1. The molecule has 1 unspecified atom stereocenters. The van der Waals surface area contributed by atoms with E-state index in [2.05, 4.69) is 23.7 Å². The van der Waals surface area contributed by atoms with Crippen molar-refractivity contribution in [3.63, 3.8) is 0 Å². The Kier molecular flexibility index (Phi) is 4.36. The molecular formula is C17H18N2O2S. The number of amides is 2. The number of anilines is 1. The summed E-state index contributed by atoms with van der Waals surface area (Å²) in [6, 6.07) is 10.8. The molecule has 1 aromatic carbocycles. The molecule has 2 heterocycles. The van der Waals surface area contributed by atoms with Crippen LogP contribution < -0.4 is 10.2 Å². The molecule has 1 saturated heterocycles. The Morgan fingerprint density at radius 1 is 1.23 bits per heavy atom. The zero-order valence-corrected chi connectivity index (χ0v) is 13.2. The fourth-order valence-electron chi connectivity index (χ4n) is 2.66. The summed E-state index contributed by atoms with van der Waals surface area (Å²) < 4.78 is 0. The van der Waals surface area contributed by atoms with Crippen molar-refractivity contribution in [3.05, 3.63) is 52.2 Å². The van der Waals surface area contributed by atoms with E-state index in [0.29, 0.717) is 12.2 Å². The predicted molar refractivity (Wildman–Crippen MR) is 88.1 cm³/mol. The summed E-state index contributed by atoms with van der Waals surface area (Å²) in [6.45, 7) is 2.79. The van der Waals surface area contributed by atoms with Crippen LogP contribution in [0.15, 0.2) is 41.8 Å². The van der Waals surface area contributed by atoms with Gasteiger partial charge in [-0.1, -0.05) is 18.2 Å². The third-order valence-electron chi connectivity index (χ3n) is 3.87. The number of nitrogens with zero attached hydrogens (tertiary/aromatic N) is 1. The van der Waals surface area contributed by atoms with Crippen molar-refractivity contribution < 1.29 is 9.59 Å². The molecule has 114 valence electrons. The lowest BCUT2D eigenvalue weighted by Crippen LogP contribution is -2.39. The minimum atomic E-state index is -0.409. The summed E-state index contributed by atoms with van der Waals surface area (Å²) in [7, 11) is 0. The van der Waals surface area contributed by atoms with Crippen molar-refractivity contribution in [2.24, 2.45) is 0 Å². The number of rotatable bonds is 5. The van der Waals surface area contributed by atoms with Crippen LogP contribution in [0.1, 0.15) is 16.9 Å². The van der Waals surface area contributed by atoms with Gasteiger partial charge in [-0.25, -0.2) is 4.90 Å². The molecule has 4 nitrogen and oxygen atoms in total. The first-order valence-corrected chi connectivity index (χ1v) is 8.23. The molecule has 1 N–H and O–H groups in total. The van der Waals surface area contributed by atoms with Crippen molar-refractivity contribution in [1.82, 2.24) is 5.32 Å². The van der Waals surface area contributed by atoms with Crippen LogP contribution in [-0.4, -0.2) is 24.4 Å². The second-order valence-corrected chi connectivity index (χ2v) is 6.39. The molecule has 2 aromatic rings. The Labute approximate surface area is 133 Å². The van der Waals surface area contributed by atoms with E-state index in [1.54, 1.807) is 23.5 Å². The Balaban J connectivity index is 1.61. The van der Waals surface area contributed by atoms with Crippen LogP contribution in [-0.2, 0) is 16.0 Å². The van der Waals surface area contributed by atoms with Gasteiger partial charge in [0, 0.05) is 11.4 Å². The van der Waals surface area contributed by atoms with Gasteiger partial charge >= 0.3 is 0 Å². The number of hydrogen-bond donors (Lipinski definition) is 1. The summed E-state index contributed by atoms with van der Waals surface area (Å²) >= 11 is 1.73. The second kappa shape index (κ2) is 6.42. The van der Waals surface area contributed by atoms with Gasteiger partial charge in [0.05, 0.1) is 18.2 Å². The Hall–Kier alpha value is -1.98. The zero-order valence-electron chi connectivity index (χ0n) is 12.4. The third-order valence-corrected chi connectivity index (χ3v) is 4.95. The molecule has 1 aromatic heterocycles. The first kappa shape index (κ1) is 14.9. The molecule has 22 heavy (non-hydrogen) atoms. The maximum Gasteiger partial charge on any atom is 0.251 e. The minimum Gasteiger partial charge on any atom is -0.305 e. The van der Waals surface area contributed by atoms with E-state index in [1.807, 2.05) is 18.2 Å². The minimum absolute atomic E-state index is 0.138. The fourth-order valence-corrected chi connectivity index (χ4v) is 3.57. The van der Waals surface area contributed by atoms with Crippen molar-refractivity contribution in [1.29, 1.82) is 0 Å². The zero-order chi connectivity index (χ0) is 15.5. The molecule has 0 saturated carbocycles. The lowest BCUT2D eigenvalue weighted by molar-refractivity contribution is -0.121. The molecule has 5 heteroatoms. The SMILES string of the molecule is Cc1ccsc1CCNC1CC(=O)N(c2ccccc2)C1=O. The molecule has 2 amide bonds. The number of nitrogens with one attached hydrogen (secondary N) is 1. The van der Waals surface area contributed by atoms with Gasteiger partial charge in [0.15, 0.2) is 0 Å². The Bertz CT molecular complexity index is 681. The number of benzene rings is 1. The van der Waals surface area contributed by atoms with Gasteiger partial charge in [-0.2, -0.15) is 0 Å². The van der Waals surface area contributed by atoms with E-state index in [-0.39, 0.29) is 18.2 Å². The first-order chi connectivity index (χ1) is 10.7. The Morgan fingerprint density at radius 3 is 2.68 bits per heavy atom. The first-order valence-electron chi connectivity index (χ1n) is 7.35. The number of imide groups is 1. The lowest BCUT2D eigenvalue weighted by atomic mass is 10.2. The predicted octanol–water partition coefficient (Wildman–Crippen LogP) is 2.52. The maximum absolute atomic E-state index is 12.4. The molecule has 3 rings (SSSR count). The van der Waals surface area contributed by atoms with Crippen LogP contribution in [0.3, 0.4) is 0 Å². The van der Waals surface area contributed by atoms with Crippen LogP contribution in [0.2, 0.25) is 0 Å². The highest BCUT2D eigenvalue weighted by Gasteiger charge is 2.38. The van der Waals surface area contributed by atoms with Gasteiger partial charge in [-0.3, -0.25) is 9.59 Å². The highest BCUT2D eigenvalue weighted by Crippen LogP contribution is 2.22. The largest absolute Gasteiger partial charge is 0.305 e. The number of aryl methyl sites for hydroxylation is 1. The van der Waals surface area contributed by atoms with Gasteiger partial charge in [0.1, 0.15) is 0 Å². The van der Waals surface area contributed by atoms with Gasteiger partial charge in [0.25, 0.3) is 5.91 Å². The summed E-state index contributed by atoms with van der Waals surface area (Å²) in [5, 5.41) is 5.30. The lowest BCUT2D eigenvalue weighted by Gasteiger charge is -2.15. The molecule has 1 aliphatic rings. The Morgan fingerprint density at radius 2 is 2.00 bits per heavy atom. The third kappa shape index (κ3) is 2.96. The van der Waals surface area contributed by atoms with Crippen molar-refractivity contribution in [2.75, 3.05) is 11.4 Å². The molecule has 0 radical (unpaired) electrons. The second-order valence-electron chi connectivity index (χ2n) is 5.39. The van der Waals surface area contributed by atoms with E-state index in [1.165, 1.54) is 15.3 Å². The monoisotopic (exact) mass is 314 g/mol. The van der Waals surface area contributed by atoms with Gasteiger partial charge in [0.2, 0.25) is 5.91 Å². The summed E-state index contributed by atoms with van der Waals surface area (Å²) in [4.78, 5) is 27.1. The van der Waals surface area contributed by atoms with E-state index < -0.39 is 6.04 Å². The number of carbonyl (C=O) groups excluding carboxylic acids is 2. The molecule has 0 bridgehead atoms. The quantitative estimate of drug-likeness (QED) is 0.863. The number of thiophene rings is 1. The van der Waals surface area contributed by atoms with Crippen LogP contribution in [0.5, 0.6) is 0 Å². The van der Waals surface area contributed by atoms with Crippen molar-refractivity contribution in [3.8, 4) is 0 Å². The van der Waals surface area contributed by atoms with Crippen LogP contribution in [0.25, 0.3) is 0 Å². The van der Waals surface area contributed by atoms with Crippen LogP contribution in [0, 0.1) is 6.92 Å². The van der Waals surface area contributed by atoms with Gasteiger partial charge in [-0.15, -0.1) is 11.3 Å². The number of hydrogen-bond acceptors (Lipinski definition) is 4. The molecule has 0 spiro atoms. The average Bonchev–Trinajstić information content (AvgIpc) is 3.04. The number of carbonyl (C=O) groups is 2. The standard InChI is InChI=1S/C17H18N2O2S/c1-12-8-10-22-15(12)7-9-18-14-11-16(20)19(17(14)21)13-5-3-2-4-6-13/h2-6,8,10,14,18H,7,9,11H2,1H3. The normalized spacial score (nSPS) is 18.2. The molecule has 1 atom stereocenters. The van der Waals surface area contributed by atoms with Crippen molar-refractivity contribution in [2.45, 2.75) is 25.8 Å². The average molecular weight is 314 g/mol. The summed E-state index contributed by atoms with van der Waals surface area (Å²) in [5.74, 6) is -0.292. The summed E-state index contributed by atoms with van der Waals surface area (Å²) in [5.41, 5.74) is 1.93. The van der Waals surface area contributed by atoms with Gasteiger partial charge in [-0.05, 0) is 42.5 Å². The van der Waals surface area contributed by atoms with E-state index in [0.717, 1.165) is 6.42 Å². The summed E-state index contributed by atoms with van der Waals surface area (Å²) in [6.07, 6.45) is 1.12. The van der Waals surface area contributed by atoms with Gasteiger partial charge < -0.3 is 5.32 Å². The van der Waals surface area contributed by atoms with Crippen LogP contribution >= 0.6 is 11.3 Å². The molecule has 1 fully saturated rings. The fraction of sp³-hybridized carbons (Fsp3) is 0.294. The molecule has 1 aliphatic heterocycles. The highest BCUT2D eigenvalue weighted by molar-refractivity contribution is 7.10.